The molecule has 0 fully saturated rings. The minimum Gasteiger partial charge on any atom is -0.453 e. The Morgan fingerprint density at radius 3 is 2.09 bits per heavy atom. The third-order valence-corrected chi connectivity index (χ3v) is 4.20. The van der Waals surface area contributed by atoms with Gasteiger partial charge in [-0.1, -0.05) is 36.0 Å². The van der Waals surface area contributed by atoms with Crippen molar-refractivity contribution in [3.63, 3.8) is 0 Å². The van der Waals surface area contributed by atoms with Gasteiger partial charge in [0.15, 0.2) is 11.5 Å². The molecule has 3 rings (SSSR count). The molecule has 0 aliphatic carbocycles. The number of halogens is 1. The van der Waals surface area contributed by atoms with Gasteiger partial charge in [0.05, 0.1) is 11.4 Å². The van der Waals surface area contributed by atoms with E-state index >= 15 is 0 Å². The highest BCUT2D eigenvalue weighted by molar-refractivity contribution is 8.13. The molecule has 0 aromatic heterocycles. The van der Waals surface area contributed by atoms with Crippen LogP contribution in [0.1, 0.15) is 0 Å². The lowest BCUT2D eigenvalue weighted by Gasteiger charge is -2.30. The zero-order valence-corrected chi connectivity index (χ0v) is 14.7. The van der Waals surface area contributed by atoms with E-state index in [0.717, 1.165) is 23.7 Å². The van der Waals surface area contributed by atoms with Crippen LogP contribution in [0.4, 0.5) is 16.2 Å². The van der Waals surface area contributed by atoms with E-state index in [2.05, 4.69) is 4.90 Å². The van der Waals surface area contributed by atoms with Gasteiger partial charge < -0.3 is 9.64 Å². The van der Waals surface area contributed by atoms with E-state index in [4.69, 9.17) is 4.74 Å². The van der Waals surface area contributed by atoms with Crippen LogP contribution in [0, 0.1) is 0 Å². The topological polar surface area (TPSA) is 32.8 Å². The van der Waals surface area contributed by atoms with E-state index in [9.17, 15) is 4.79 Å². The van der Waals surface area contributed by atoms with Crippen LogP contribution >= 0.6 is 24.2 Å². The molecule has 0 saturated heterocycles. The number of hydrogen-bond donors (Lipinski definition) is 0. The van der Waals surface area contributed by atoms with Gasteiger partial charge in [-0.2, -0.15) is 0 Å². The molecular formula is C17H19ClN2O2S. The predicted molar refractivity (Wildman–Crippen MR) is 98.8 cm³/mol. The molecule has 2 aromatic rings. The Morgan fingerprint density at radius 2 is 1.57 bits per heavy atom. The summed E-state index contributed by atoms with van der Waals surface area (Å²) in [6, 6.07) is 15.3. The number of rotatable bonds is 3. The molecule has 4 nitrogen and oxygen atoms in total. The summed E-state index contributed by atoms with van der Waals surface area (Å²) >= 11 is 1.33. The van der Waals surface area contributed by atoms with Crippen LogP contribution in [-0.4, -0.2) is 36.5 Å². The first-order chi connectivity index (χ1) is 10.7. The highest BCUT2D eigenvalue weighted by Crippen LogP contribution is 2.47. The molecule has 122 valence electrons. The fourth-order valence-electron chi connectivity index (χ4n) is 2.28. The lowest BCUT2D eigenvalue weighted by Crippen LogP contribution is -2.26. The molecule has 0 N–H and O–H groups in total. The molecule has 0 radical (unpaired) electrons. The summed E-state index contributed by atoms with van der Waals surface area (Å²) in [4.78, 5) is 16.5. The smallest absolute Gasteiger partial charge is 0.290 e. The zero-order valence-electron chi connectivity index (χ0n) is 13.1. The average Bonchev–Trinajstić information content (AvgIpc) is 2.52. The molecule has 23 heavy (non-hydrogen) atoms. The van der Waals surface area contributed by atoms with E-state index in [1.54, 1.807) is 4.90 Å². The van der Waals surface area contributed by atoms with Gasteiger partial charge in [-0.05, 0) is 38.4 Å². The van der Waals surface area contributed by atoms with Gasteiger partial charge in [-0.3, -0.25) is 9.69 Å². The van der Waals surface area contributed by atoms with Crippen molar-refractivity contribution in [1.82, 2.24) is 4.90 Å². The number of carbonyl (C=O) groups excluding carboxylic acids is 1. The van der Waals surface area contributed by atoms with Crippen molar-refractivity contribution in [2.75, 3.05) is 31.3 Å². The van der Waals surface area contributed by atoms with E-state index in [1.807, 2.05) is 62.6 Å². The maximum Gasteiger partial charge on any atom is 0.290 e. The highest BCUT2D eigenvalue weighted by atomic mass is 35.5. The fourth-order valence-corrected chi connectivity index (χ4v) is 3.24. The molecule has 2 aromatic carbocycles. The number of benzene rings is 2. The minimum atomic E-state index is 0. The van der Waals surface area contributed by atoms with Crippen LogP contribution in [0.15, 0.2) is 48.5 Å². The van der Waals surface area contributed by atoms with Crippen molar-refractivity contribution in [2.24, 2.45) is 0 Å². The van der Waals surface area contributed by atoms with Gasteiger partial charge >= 0.3 is 0 Å². The largest absolute Gasteiger partial charge is 0.453 e. The van der Waals surface area contributed by atoms with Gasteiger partial charge in [0.1, 0.15) is 0 Å². The Balaban J connectivity index is 0.00000192. The number of thioether (sulfide) groups is 1. The molecule has 1 aliphatic rings. The average molecular weight is 351 g/mol. The standard InChI is InChI=1S/C17H18N2O2S.ClH/c1-18(2)11-12-22-17(20)19-13-7-3-5-9-15(13)21-16-10-6-4-8-14(16)19;/h3-10H,11-12H2,1-2H3;1H. The fraction of sp³-hybridized carbons (Fsp3) is 0.235. The molecule has 0 unspecified atom stereocenters. The van der Waals surface area contributed by atoms with Gasteiger partial charge in [0.2, 0.25) is 0 Å². The van der Waals surface area contributed by atoms with Crippen LogP contribution in [-0.2, 0) is 0 Å². The maximum absolute atomic E-state index is 12.7. The third kappa shape index (κ3) is 3.80. The van der Waals surface area contributed by atoms with Crippen LogP contribution in [0.25, 0.3) is 0 Å². The SMILES string of the molecule is CN(C)CCSC(=O)N1c2ccccc2Oc2ccccc21.Cl. The lowest BCUT2D eigenvalue weighted by atomic mass is 10.2. The first-order valence-corrected chi connectivity index (χ1v) is 8.13. The summed E-state index contributed by atoms with van der Waals surface area (Å²) in [5.41, 5.74) is 1.59. The second kappa shape index (κ2) is 7.73. The van der Waals surface area contributed by atoms with Gasteiger partial charge in [-0.25, -0.2) is 0 Å². The number of anilines is 2. The zero-order chi connectivity index (χ0) is 15.5. The van der Waals surface area contributed by atoms with E-state index in [0.29, 0.717) is 11.5 Å². The number of para-hydroxylation sites is 4. The molecule has 0 spiro atoms. The van der Waals surface area contributed by atoms with Gasteiger partial charge in [0.25, 0.3) is 5.24 Å². The summed E-state index contributed by atoms with van der Waals surface area (Å²) in [7, 11) is 4.01. The Hall–Kier alpha value is -1.69. The van der Waals surface area contributed by atoms with Crippen molar-refractivity contribution < 1.29 is 9.53 Å². The summed E-state index contributed by atoms with van der Waals surface area (Å²) < 4.78 is 5.89. The minimum absolute atomic E-state index is 0. The van der Waals surface area contributed by atoms with Crippen LogP contribution in [0.5, 0.6) is 11.5 Å². The molecule has 1 amide bonds. The molecular weight excluding hydrogens is 332 g/mol. The van der Waals surface area contributed by atoms with Crippen molar-refractivity contribution in [2.45, 2.75) is 0 Å². The number of fused-ring (bicyclic) bond motifs is 2. The number of nitrogens with zero attached hydrogens (tertiary/aromatic N) is 2. The van der Waals surface area contributed by atoms with Crippen molar-refractivity contribution in [3.8, 4) is 11.5 Å². The number of carbonyl (C=O) groups is 1. The molecule has 6 heteroatoms. The van der Waals surface area contributed by atoms with Crippen LogP contribution < -0.4 is 9.64 Å². The first kappa shape index (κ1) is 17.7. The summed E-state index contributed by atoms with van der Waals surface area (Å²) in [6.07, 6.45) is 0. The second-order valence-electron chi connectivity index (χ2n) is 5.29. The Bertz CT molecular complexity index is 648. The number of hydrogen-bond acceptors (Lipinski definition) is 4. The van der Waals surface area contributed by atoms with Crippen molar-refractivity contribution in [1.29, 1.82) is 0 Å². The van der Waals surface area contributed by atoms with Gasteiger partial charge in [-0.15, -0.1) is 12.4 Å². The van der Waals surface area contributed by atoms with Crippen LogP contribution in [0.2, 0.25) is 0 Å². The third-order valence-electron chi connectivity index (χ3n) is 3.38. The van der Waals surface area contributed by atoms with Crippen molar-refractivity contribution >= 4 is 40.8 Å². The molecule has 0 atom stereocenters. The molecule has 0 saturated carbocycles. The molecule has 1 aliphatic heterocycles. The Kier molecular flexibility index (Phi) is 5.93. The lowest BCUT2D eigenvalue weighted by molar-refractivity contribution is 0.266. The number of amides is 1. The number of ether oxygens (including phenoxy) is 1. The Morgan fingerprint density at radius 1 is 1.04 bits per heavy atom. The maximum atomic E-state index is 12.7. The summed E-state index contributed by atoms with van der Waals surface area (Å²) in [5, 5.41) is 0.0186. The second-order valence-corrected chi connectivity index (χ2v) is 6.34. The summed E-state index contributed by atoms with van der Waals surface area (Å²) in [5.74, 6) is 2.18. The monoisotopic (exact) mass is 350 g/mol. The van der Waals surface area contributed by atoms with E-state index in [-0.39, 0.29) is 17.6 Å². The van der Waals surface area contributed by atoms with E-state index in [1.165, 1.54) is 11.8 Å². The highest BCUT2D eigenvalue weighted by Gasteiger charge is 2.28. The van der Waals surface area contributed by atoms with Crippen LogP contribution in [0.3, 0.4) is 0 Å². The van der Waals surface area contributed by atoms with E-state index < -0.39 is 0 Å². The molecule has 0 bridgehead atoms. The normalized spacial score (nSPS) is 12.0. The molecule has 1 heterocycles. The van der Waals surface area contributed by atoms with Crippen molar-refractivity contribution in [3.05, 3.63) is 48.5 Å². The van der Waals surface area contributed by atoms with Gasteiger partial charge in [0, 0.05) is 12.3 Å². The quantitative estimate of drug-likeness (QED) is 0.798. The summed E-state index contributed by atoms with van der Waals surface area (Å²) in [6.45, 7) is 0.865. The first-order valence-electron chi connectivity index (χ1n) is 7.14. The Labute approximate surface area is 146 Å². The predicted octanol–water partition coefficient (Wildman–Crippen LogP) is 4.77.